The van der Waals surface area contributed by atoms with Crippen molar-refractivity contribution in [2.45, 2.75) is 4.90 Å². The molecule has 17 heavy (non-hydrogen) atoms. The van der Waals surface area contributed by atoms with Crippen molar-refractivity contribution in [3.63, 3.8) is 0 Å². The second-order valence-corrected chi connectivity index (χ2v) is 5.48. The normalized spacial score (nSPS) is 11.7. The second-order valence-electron chi connectivity index (χ2n) is 3.47. The standard InChI is InChI=1S/C10H11ClN2O3S/c1-13(2)7-12-17(15,16)10-5-8(6-14)3-4-9(10)11/h3-7H,1-2H3/b12-7+. The number of hydrogen-bond donors (Lipinski definition) is 0. The minimum atomic E-state index is -3.88. The van der Waals surface area contributed by atoms with Crippen molar-refractivity contribution >= 4 is 34.2 Å². The van der Waals surface area contributed by atoms with E-state index >= 15 is 0 Å². The first-order valence-electron chi connectivity index (χ1n) is 4.58. The lowest BCUT2D eigenvalue weighted by atomic mass is 10.2. The zero-order valence-electron chi connectivity index (χ0n) is 9.29. The van der Waals surface area contributed by atoms with Crippen LogP contribution in [-0.2, 0) is 10.0 Å². The van der Waals surface area contributed by atoms with E-state index in [0.717, 1.165) is 6.34 Å². The Morgan fingerprint density at radius 1 is 1.35 bits per heavy atom. The first-order valence-corrected chi connectivity index (χ1v) is 6.40. The fourth-order valence-corrected chi connectivity index (χ4v) is 2.44. The van der Waals surface area contributed by atoms with Gasteiger partial charge in [-0.05, 0) is 12.1 Å². The minimum Gasteiger partial charge on any atom is -0.368 e. The van der Waals surface area contributed by atoms with Crippen LogP contribution in [-0.4, -0.2) is 40.0 Å². The Labute approximate surface area is 105 Å². The third-order valence-electron chi connectivity index (χ3n) is 1.79. The van der Waals surface area contributed by atoms with Gasteiger partial charge in [-0.25, -0.2) is 0 Å². The molecule has 0 aliphatic heterocycles. The van der Waals surface area contributed by atoms with Crippen molar-refractivity contribution in [3.05, 3.63) is 28.8 Å². The molecule has 5 nitrogen and oxygen atoms in total. The van der Waals surface area contributed by atoms with Crippen LogP contribution in [0.1, 0.15) is 10.4 Å². The van der Waals surface area contributed by atoms with Crippen LogP contribution in [0.4, 0.5) is 0 Å². The molecule has 0 saturated heterocycles. The molecule has 0 spiro atoms. The molecule has 0 aliphatic rings. The van der Waals surface area contributed by atoms with E-state index in [1.807, 2.05) is 0 Å². The highest BCUT2D eigenvalue weighted by molar-refractivity contribution is 7.90. The number of carbonyl (C=O) groups is 1. The summed E-state index contributed by atoms with van der Waals surface area (Å²) in [5.74, 6) is 0. The summed E-state index contributed by atoms with van der Waals surface area (Å²) in [5, 5.41) is 0.0338. The fourth-order valence-electron chi connectivity index (χ4n) is 1.00. The van der Waals surface area contributed by atoms with E-state index in [-0.39, 0.29) is 15.5 Å². The summed E-state index contributed by atoms with van der Waals surface area (Å²) >= 11 is 5.77. The summed E-state index contributed by atoms with van der Waals surface area (Å²) < 4.78 is 27.0. The summed E-state index contributed by atoms with van der Waals surface area (Å²) in [7, 11) is -0.599. The molecule has 0 saturated carbocycles. The first kappa shape index (κ1) is 13.7. The monoisotopic (exact) mass is 274 g/mol. The molecule has 1 aromatic rings. The van der Waals surface area contributed by atoms with Gasteiger partial charge in [-0.3, -0.25) is 4.79 Å². The van der Waals surface area contributed by atoms with Crippen molar-refractivity contribution in [2.75, 3.05) is 14.1 Å². The van der Waals surface area contributed by atoms with Gasteiger partial charge in [-0.2, -0.15) is 8.42 Å². The maximum Gasteiger partial charge on any atom is 0.285 e. The van der Waals surface area contributed by atoms with Gasteiger partial charge in [0.25, 0.3) is 10.0 Å². The maximum atomic E-state index is 11.8. The molecule has 7 heteroatoms. The third kappa shape index (κ3) is 3.54. The molecule has 0 aliphatic carbocycles. The Bertz CT molecular complexity index is 553. The number of carbonyl (C=O) groups excluding carboxylic acids is 1. The lowest BCUT2D eigenvalue weighted by Gasteiger charge is -2.05. The molecule has 1 aromatic carbocycles. The van der Waals surface area contributed by atoms with Crippen LogP contribution in [0.25, 0.3) is 0 Å². The van der Waals surface area contributed by atoms with Crippen LogP contribution in [0.15, 0.2) is 27.5 Å². The lowest BCUT2D eigenvalue weighted by Crippen LogP contribution is -2.10. The van der Waals surface area contributed by atoms with Gasteiger partial charge in [0.15, 0.2) is 0 Å². The quantitative estimate of drug-likeness (QED) is 0.473. The van der Waals surface area contributed by atoms with Crippen molar-refractivity contribution in [3.8, 4) is 0 Å². The van der Waals surface area contributed by atoms with Gasteiger partial charge < -0.3 is 4.90 Å². The summed E-state index contributed by atoms with van der Waals surface area (Å²) in [6.07, 6.45) is 1.70. The van der Waals surface area contributed by atoms with Crippen molar-refractivity contribution in [1.29, 1.82) is 0 Å². The van der Waals surface area contributed by atoms with Crippen LogP contribution in [0, 0.1) is 0 Å². The van der Waals surface area contributed by atoms with Gasteiger partial charge in [0.05, 0.1) is 5.02 Å². The predicted molar refractivity (Wildman–Crippen MR) is 66.2 cm³/mol. The van der Waals surface area contributed by atoms with Gasteiger partial charge >= 0.3 is 0 Å². The topological polar surface area (TPSA) is 66.8 Å². The van der Waals surface area contributed by atoms with Crippen LogP contribution >= 0.6 is 11.6 Å². The molecular weight excluding hydrogens is 264 g/mol. The van der Waals surface area contributed by atoms with Gasteiger partial charge in [0.2, 0.25) is 0 Å². The summed E-state index contributed by atoms with van der Waals surface area (Å²) in [6.45, 7) is 0. The highest BCUT2D eigenvalue weighted by Crippen LogP contribution is 2.23. The Morgan fingerprint density at radius 3 is 2.53 bits per heavy atom. The zero-order valence-corrected chi connectivity index (χ0v) is 10.9. The number of aldehydes is 1. The molecular formula is C10H11ClN2O3S. The number of hydrogen-bond acceptors (Lipinski definition) is 3. The second kappa shape index (κ2) is 5.29. The molecule has 0 atom stereocenters. The molecule has 0 bridgehead atoms. The highest BCUT2D eigenvalue weighted by atomic mass is 35.5. The fraction of sp³-hybridized carbons (Fsp3) is 0.200. The average molecular weight is 275 g/mol. The minimum absolute atomic E-state index is 0.0338. The largest absolute Gasteiger partial charge is 0.368 e. The van der Waals surface area contributed by atoms with Gasteiger partial charge in [-0.15, -0.1) is 4.40 Å². The third-order valence-corrected chi connectivity index (χ3v) is 3.49. The number of rotatable bonds is 4. The van der Waals surface area contributed by atoms with E-state index < -0.39 is 10.0 Å². The van der Waals surface area contributed by atoms with E-state index in [2.05, 4.69) is 4.40 Å². The van der Waals surface area contributed by atoms with Crippen LogP contribution < -0.4 is 0 Å². The zero-order chi connectivity index (χ0) is 13.1. The number of benzene rings is 1. The summed E-state index contributed by atoms with van der Waals surface area (Å²) in [5.41, 5.74) is 0.230. The summed E-state index contributed by atoms with van der Waals surface area (Å²) in [4.78, 5) is 11.9. The van der Waals surface area contributed by atoms with Crippen molar-refractivity contribution in [1.82, 2.24) is 4.90 Å². The smallest absolute Gasteiger partial charge is 0.285 e. The van der Waals surface area contributed by atoms with Crippen LogP contribution in [0.3, 0.4) is 0 Å². The molecule has 0 N–H and O–H groups in total. The molecule has 0 aromatic heterocycles. The molecule has 92 valence electrons. The van der Waals surface area contributed by atoms with E-state index in [1.54, 1.807) is 14.1 Å². The lowest BCUT2D eigenvalue weighted by molar-refractivity contribution is 0.112. The van der Waals surface area contributed by atoms with E-state index in [0.29, 0.717) is 6.29 Å². The van der Waals surface area contributed by atoms with Gasteiger partial charge in [-0.1, -0.05) is 17.7 Å². The SMILES string of the molecule is CN(C)/C=N/S(=O)(=O)c1cc(C=O)ccc1Cl. The summed E-state index contributed by atoms with van der Waals surface area (Å²) in [6, 6.07) is 3.98. The average Bonchev–Trinajstić information content (AvgIpc) is 2.27. The Balaban J connectivity index is 3.28. The van der Waals surface area contributed by atoms with Crippen molar-refractivity contribution < 1.29 is 13.2 Å². The van der Waals surface area contributed by atoms with E-state index in [1.165, 1.54) is 23.1 Å². The first-order chi connectivity index (χ1) is 7.86. The number of nitrogens with zero attached hydrogens (tertiary/aromatic N) is 2. The van der Waals surface area contributed by atoms with E-state index in [9.17, 15) is 13.2 Å². The number of halogens is 1. The molecule has 0 unspecified atom stereocenters. The van der Waals surface area contributed by atoms with Gasteiger partial charge in [0.1, 0.15) is 17.5 Å². The van der Waals surface area contributed by atoms with Gasteiger partial charge in [0, 0.05) is 19.7 Å². The Kier molecular flexibility index (Phi) is 4.25. The van der Waals surface area contributed by atoms with Crippen LogP contribution in [0.2, 0.25) is 5.02 Å². The van der Waals surface area contributed by atoms with Crippen molar-refractivity contribution in [2.24, 2.45) is 4.40 Å². The van der Waals surface area contributed by atoms with Crippen LogP contribution in [0.5, 0.6) is 0 Å². The number of sulfonamides is 1. The molecule has 0 radical (unpaired) electrons. The Hall–Kier alpha value is -1.40. The predicted octanol–water partition coefficient (Wildman–Crippen LogP) is 1.43. The molecule has 1 rings (SSSR count). The molecule has 0 heterocycles. The maximum absolute atomic E-state index is 11.8. The van der Waals surface area contributed by atoms with E-state index in [4.69, 9.17) is 11.6 Å². The molecule has 0 amide bonds. The Morgan fingerprint density at radius 2 is 2.00 bits per heavy atom. The molecule has 0 fully saturated rings. The highest BCUT2D eigenvalue weighted by Gasteiger charge is 2.17.